The zero-order chi connectivity index (χ0) is 22.6. The van der Waals surface area contributed by atoms with Gasteiger partial charge in [-0.25, -0.2) is 0 Å². The van der Waals surface area contributed by atoms with Gasteiger partial charge in [-0.1, -0.05) is 92.7 Å². The molecule has 1 nitrogen and oxygen atoms in total. The molecule has 1 heteroatoms. The van der Waals surface area contributed by atoms with Gasteiger partial charge in [-0.3, -0.25) is 0 Å². The predicted molar refractivity (Wildman–Crippen MR) is 145 cm³/mol. The van der Waals surface area contributed by atoms with Gasteiger partial charge in [0.15, 0.2) is 0 Å². The molecule has 34 heavy (non-hydrogen) atoms. The van der Waals surface area contributed by atoms with Crippen molar-refractivity contribution >= 4 is 43.6 Å². The fraction of sp³-hybridized carbons (Fsp3) is 0.212. The lowest BCUT2D eigenvalue weighted by Crippen LogP contribution is -2.34. The number of benzene rings is 5. The minimum Gasteiger partial charge on any atom is -0.381 e. The van der Waals surface area contributed by atoms with Crippen molar-refractivity contribution in [3.8, 4) is 0 Å². The molecule has 0 bridgehead atoms. The molecule has 1 heterocycles. The van der Waals surface area contributed by atoms with E-state index in [1.807, 2.05) is 0 Å². The summed E-state index contributed by atoms with van der Waals surface area (Å²) in [5.74, 6) is 1.00. The first kappa shape index (κ1) is 18.8. The lowest BCUT2D eigenvalue weighted by Gasteiger charge is -2.36. The van der Waals surface area contributed by atoms with Crippen LogP contribution in [0, 0.1) is 5.92 Å². The average molecular weight is 438 g/mol. The van der Waals surface area contributed by atoms with Gasteiger partial charge in [0, 0.05) is 17.6 Å². The summed E-state index contributed by atoms with van der Waals surface area (Å²) in [4.78, 5) is 0. The maximum Gasteiger partial charge on any atom is 0.0388 e. The molecule has 5 aromatic carbocycles. The minimum absolute atomic E-state index is 0.182. The first-order chi connectivity index (χ1) is 16.6. The number of nitrogens with one attached hydrogen (secondary N) is 1. The highest BCUT2D eigenvalue weighted by atomic mass is 15.0. The summed E-state index contributed by atoms with van der Waals surface area (Å²) in [6.45, 7) is 4.87. The van der Waals surface area contributed by atoms with Crippen molar-refractivity contribution in [3.05, 3.63) is 108 Å². The SMILES string of the molecule is CC1(C)c2ccccc2C2=CC3c4cc5c6ccccc6c6ccccc6c5cc4NC3C[C@H]21. The van der Waals surface area contributed by atoms with Crippen molar-refractivity contribution in [1.29, 1.82) is 0 Å². The normalized spacial score (nSPS) is 23.8. The lowest BCUT2D eigenvalue weighted by atomic mass is 9.69. The molecule has 5 aromatic rings. The van der Waals surface area contributed by atoms with Crippen LogP contribution in [0.3, 0.4) is 0 Å². The zero-order valence-electron chi connectivity index (χ0n) is 19.6. The third-order valence-electron chi connectivity index (χ3n) is 9.08. The number of anilines is 1. The van der Waals surface area contributed by atoms with E-state index >= 15 is 0 Å². The van der Waals surface area contributed by atoms with Crippen molar-refractivity contribution in [3.63, 3.8) is 0 Å². The van der Waals surface area contributed by atoms with E-state index in [4.69, 9.17) is 0 Å². The fourth-order valence-corrected chi connectivity index (χ4v) is 7.42. The summed E-state index contributed by atoms with van der Waals surface area (Å²) < 4.78 is 0. The van der Waals surface area contributed by atoms with E-state index in [-0.39, 0.29) is 5.41 Å². The summed E-state index contributed by atoms with van der Waals surface area (Å²) in [5, 5.41) is 12.1. The Morgan fingerprint density at radius 3 is 2.00 bits per heavy atom. The maximum absolute atomic E-state index is 3.97. The summed E-state index contributed by atoms with van der Waals surface area (Å²) in [6.07, 6.45) is 3.80. The van der Waals surface area contributed by atoms with Gasteiger partial charge in [-0.15, -0.1) is 0 Å². The van der Waals surface area contributed by atoms with Crippen LogP contribution in [-0.2, 0) is 5.41 Å². The largest absolute Gasteiger partial charge is 0.381 e. The van der Waals surface area contributed by atoms with Gasteiger partial charge >= 0.3 is 0 Å². The Morgan fingerprint density at radius 1 is 0.706 bits per heavy atom. The zero-order valence-corrected chi connectivity index (χ0v) is 19.6. The van der Waals surface area contributed by atoms with E-state index in [9.17, 15) is 0 Å². The van der Waals surface area contributed by atoms with Crippen LogP contribution in [0.15, 0.2) is 91.0 Å². The third kappa shape index (κ3) is 2.25. The molecule has 0 radical (unpaired) electrons. The van der Waals surface area contributed by atoms with Gasteiger partial charge in [-0.2, -0.15) is 0 Å². The molecular weight excluding hydrogens is 410 g/mol. The van der Waals surface area contributed by atoms with Crippen LogP contribution < -0.4 is 5.32 Å². The molecule has 0 aromatic heterocycles. The molecule has 3 aliphatic rings. The van der Waals surface area contributed by atoms with Crippen molar-refractivity contribution < 1.29 is 0 Å². The second-order valence-electron chi connectivity index (χ2n) is 11.0. The first-order valence-corrected chi connectivity index (χ1v) is 12.6. The van der Waals surface area contributed by atoms with E-state index in [0.717, 1.165) is 0 Å². The molecule has 2 aliphatic carbocycles. The van der Waals surface area contributed by atoms with Crippen LogP contribution in [-0.4, -0.2) is 6.04 Å². The first-order valence-electron chi connectivity index (χ1n) is 12.6. The summed E-state index contributed by atoms with van der Waals surface area (Å²) in [6, 6.07) is 32.3. The molecule has 2 unspecified atom stereocenters. The van der Waals surface area contributed by atoms with Crippen LogP contribution in [0.2, 0.25) is 0 Å². The molecule has 1 aliphatic heterocycles. The fourth-order valence-electron chi connectivity index (χ4n) is 7.42. The van der Waals surface area contributed by atoms with E-state index in [0.29, 0.717) is 17.9 Å². The molecule has 0 spiro atoms. The van der Waals surface area contributed by atoms with Gasteiger partial charge < -0.3 is 5.32 Å². The van der Waals surface area contributed by atoms with Crippen LogP contribution in [0.5, 0.6) is 0 Å². The number of allylic oxidation sites excluding steroid dienone is 1. The van der Waals surface area contributed by atoms with E-state index in [2.05, 4.69) is 110 Å². The van der Waals surface area contributed by atoms with E-state index in [1.165, 1.54) is 61.1 Å². The molecule has 164 valence electrons. The van der Waals surface area contributed by atoms with Gasteiger partial charge in [0.1, 0.15) is 0 Å². The Bertz CT molecular complexity index is 1700. The van der Waals surface area contributed by atoms with Crippen molar-refractivity contribution in [2.45, 2.75) is 37.6 Å². The van der Waals surface area contributed by atoms with E-state index in [1.54, 1.807) is 5.57 Å². The number of rotatable bonds is 0. The lowest BCUT2D eigenvalue weighted by molar-refractivity contribution is 0.357. The predicted octanol–water partition coefficient (Wildman–Crippen LogP) is 8.42. The van der Waals surface area contributed by atoms with E-state index < -0.39 is 0 Å². The number of hydrogen-bond donors (Lipinski definition) is 1. The second kappa shape index (κ2) is 6.30. The van der Waals surface area contributed by atoms with Gasteiger partial charge in [-0.05, 0) is 84.5 Å². The van der Waals surface area contributed by atoms with Gasteiger partial charge in [0.25, 0.3) is 0 Å². The van der Waals surface area contributed by atoms with Crippen molar-refractivity contribution in [1.82, 2.24) is 0 Å². The summed E-state index contributed by atoms with van der Waals surface area (Å²) >= 11 is 0. The molecule has 0 fully saturated rings. The maximum atomic E-state index is 3.97. The Hall–Kier alpha value is -3.58. The monoisotopic (exact) mass is 437 g/mol. The van der Waals surface area contributed by atoms with Crippen LogP contribution in [0.25, 0.3) is 37.9 Å². The molecule has 0 saturated carbocycles. The van der Waals surface area contributed by atoms with Gasteiger partial charge in [0.2, 0.25) is 0 Å². The molecule has 0 amide bonds. The second-order valence-corrected chi connectivity index (χ2v) is 11.0. The van der Waals surface area contributed by atoms with Crippen LogP contribution in [0.1, 0.15) is 42.9 Å². The Balaban J connectivity index is 1.39. The summed E-state index contributed by atoms with van der Waals surface area (Å²) in [7, 11) is 0. The smallest absolute Gasteiger partial charge is 0.0388 e. The molecule has 1 N–H and O–H groups in total. The highest BCUT2D eigenvalue weighted by molar-refractivity contribution is 6.26. The molecular formula is C33H27N. The van der Waals surface area contributed by atoms with Gasteiger partial charge in [0.05, 0.1) is 0 Å². The highest BCUT2D eigenvalue weighted by Crippen LogP contribution is 2.58. The number of hydrogen-bond acceptors (Lipinski definition) is 1. The number of fused-ring (bicyclic) bond motifs is 12. The Morgan fingerprint density at radius 2 is 1.29 bits per heavy atom. The quantitative estimate of drug-likeness (QED) is 0.240. The topological polar surface area (TPSA) is 12.0 Å². The molecule has 3 atom stereocenters. The minimum atomic E-state index is 0.182. The molecule has 8 rings (SSSR count). The Labute approximate surface area is 200 Å². The van der Waals surface area contributed by atoms with Crippen molar-refractivity contribution in [2.24, 2.45) is 5.92 Å². The standard InChI is InChI=1S/C33H27N/c1-33(2)29-14-8-7-13-23(29)26-16-28-27-15-24-21-11-5-3-9-19(21)20-10-4-6-12-22(20)25(24)17-31(27)34-32(28)18-30(26)33/h3-17,28,30,32,34H,18H2,1-2H3/t28?,30-,32?/m1/s1. The highest BCUT2D eigenvalue weighted by Gasteiger charge is 2.48. The Kier molecular flexibility index (Phi) is 3.48. The third-order valence-corrected chi connectivity index (χ3v) is 9.08. The summed E-state index contributed by atoms with van der Waals surface area (Å²) in [5.41, 5.74) is 7.53. The average Bonchev–Trinajstić information content (AvgIpc) is 3.34. The van der Waals surface area contributed by atoms with Crippen LogP contribution in [0.4, 0.5) is 5.69 Å². The molecule has 0 saturated heterocycles. The van der Waals surface area contributed by atoms with Crippen LogP contribution >= 0.6 is 0 Å². The van der Waals surface area contributed by atoms with Crippen molar-refractivity contribution in [2.75, 3.05) is 5.32 Å².